The van der Waals surface area contributed by atoms with Crippen molar-refractivity contribution in [2.45, 2.75) is 39.0 Å². The lowest BCUT2D eigenvalue weighted by Crippen LogP contribution is -1.87. The van der Waals surface area contributed by atoms with Crippen molar-refractivity contribution in [1.29, 1.82) is 0 Å². The molecule has 0 amide bonds. The third-order valence-corrected chi connectivity index (χ3v) is 2.52. The molecule has 88 valence electrons. The van der Waals surface area contributed by atoms with Gasteiger partial charge in [0.15, 0.2) is 0 Å². The maximum atomic E-state index is 5.44. The Labute approximate surface area is 99.1 Å². The molecule has 0 heterocycles. The topological polar surface area (TPSA) is 9.23 Å². The molecule has 1 heteroatoms. The molecule has 0 aliphatic heterocycles. The van der Waals surface area contributed by atoms with Crippen molar-refractivity contribution in [3.63, 3.8) is 0 Å². The fourth-order valence-electron chi connectivity index (χ4n) is 1.55. The van der Waals surface area contributed by atoms with Gasteiger partial charge in [-0.1, -0.05) is 62.9 Å². The van der Waals surface area contributed by atoms with Crippen molar-refractivity contribution in [2.24, 2.45) is 0 Å². The summed E-state index contributed by atoms with van der Waals surface area (Å²) in [4.78, 5) is 0. The van der Waals surface area contributed by atoms with Gasteiger partial charge in [0.25, 0.3) is 0 Å². The Morgan fingerprint density at radius 1 is 1.00 bits per heavy atom. The number of hydrogen-bond acceptors (Lipinski definition) is 1. The molecule has 0 aliphatic carbocycles. The van der Waals surface area contributed by atoms with E-state index in [1.807, 2.05) is 24.3 Å². The van der Waals surface area contributed by atoms with Crippen LogP contribution in [0.25, 0.3) is 6.08 Å². The molecule has 0 N–H and O–H groups in total. The van der Waals surface area contributed by atoms with E-state index in [1.165, 1.54) is 37.7 Å². The summed E-state index contributed by atoms with van der Waals surface area (Å²) >= 11 is 0. The van der Waals surface area contributed by atoms with E-state index in [4.69, 9.17) is 4.74 Å². The molecule has 0 fully saturated rings. The molecule has 1 rings (SSSR count). The molecule has 0 bridgehead atoms. The molecular weight excluding hydrogens is 196 g/mol. The molecule has 1 nitrogen and oxygen atoms in total. The van der Waals surface area contributed by atoms with Gasteiger partial charge in [0.05, 0.1) is 12.9 Å². The molecule has 0 saturated heterocycles. The molecule has 1 aromatic rings. The smallest absolute Gasteiger partial charge is 0.0873 e. The number of unbranched alkanes of at least 4 members (excludes halogenated alkanes) is 4. The average Bonchev–Trinajstić information content (AvgIpc) is 2.34. The highest BCUT2D eigenvalue weighted by Crippen LogP contribution is 2.04. The predicted octanol–water partition coefficient (Wildman–Crippen LogP) is 4.64. The van der Waals surface area contributed by atoms with Crippen molar-refractivity contribution < 1.29 is 4.74 Å². The summed E-state index contributed by atoms with van der Waals surface area (Å²) in [6, 6.07) is 10.2. The van der Waals surface area contributed by atoms with Gasteiger partial charge in [-0.3, -0.25) is 0 Å². The molecule has 0 radical (unpaired) electrons. The van der Waals surface area contributed by atoms with Gasteiger partial charge < -0.3 is 4.74 Å². The lowest BCUT2D eigenvalue weighted by molar-refractivity contribution is 0.243. The van der Waals surface area contributed by atoms with Gasteiger partial charge in [-0.05, 0) is 18.1 Å². The van der Waals surface area contributed by atoms with E-state index in [2.05, 4.69) is 19.1 Å². The molecule has 0 aliphatic rings. The molecule has 1 aromatic carbocycles. The largest absolute Gasteiger partial charge is 0.501 e. The summed E-state index contributed by atoms with van der Waals surface area (Å²) < 4.78 is 5.44. The minimum Gasteiger partial charge on any atom is -0.501 e. The Morgan fingerprint density at radius 3 is 2.50 bits per heavy atom. The summed E-state index contributed by atoms with van der Waals surface area (Å²) in [5.74, 6) is 0. The zero-order valence-corrected chi connectivity index (χ0v) is 10.2. The first kappa shape index (κ1) is 12.8. The normalized spacial score (nSPS) is 10.8. The van der Waals surface area contributed by atoms with Crippen molar-refractivity contribution >= 4 is 6.08 Å². The van der Waals surface area contributed by atoms with Crippen molar-refractivity contribution in [3.05, 3.63) is 42.2 Å². The van der Waals surface area contributed by atoms with Crippen LogP contribution in [0, 0.1) is 0 Å². The monoisotopic (exact) mass is 218 g/mol. The Hall–Kier alpha value is -1.24. The van der Waals surface area contributed by atoms with Gasteiger partial charge in [-0.25, -0.2) is 0 Å². The molecule has 0 atom stereocenters. The van der Waals surface area contributed by atoms with E-state index >= 15 is 0 Å². The third kappa shape index (κ3) is 6.28. The lowest BCUT2D eigenvalue weighted by atomic mass is 10.2. The highest BCUT2D eigenvalue weighted by atomic mass is 16.5. The molecule has 16 heavy (non-hydrogen) atoms. The first-order valence-electron chi connectivity index (χ1n) is 6.26. The van der Waals surface area contributed by atoms with Gasteiger partial charge in [-0.2, -0.15) is 0 Å². The van der Waals surface area contributed by atoms with E-state index in [-0.39, 0.29) is 0 Å². The first-order valence-corrected chi connectivity index (χ1v) is 6.26. The Bertz CT molecular complexity index is 277. The van der Waals surface area contributed by atoms with Crippen molar-refractivity contribution in [2.75, 3.05) is 6.61 Å². The van der Waals surface area contributed by atoms with Crippen LogP contribution in [-0.4, -0.2) is 6.61 Å². The van der Waals surface area contributed by atoms with E-state index < -0.39 is 0 Å². The Balaban J connectivity index is 2.01. The second kappa shape index (κ2) is 9.02. The molecule has 0 saturated carbocycles. The predicted molar refractivity (Wildman–Crippen MR) is 70.2 cm³/mol. The summed E-state index contributed by atoms with van der Waals surface area (Å²) in [5.41, 5.74) is 1.19. The van der Waals surface area contributed by atoms with Crippen LogP contribution in [0.4, 0.5) is 0 Å². The minimum absolute atomic E-state index is 0.840. The number of rotatable bonds is 8. The summed E-state index contributed by atoms with van der Waals surface area (Å²) in [5, 5.41) is 0. The number of ether oxygens (including phenoxy) is 1. The second-order valence-corrected chi connectivity index (χ2v) is 4.00. The quantitative estimate of drug-likeness (QED) is 0.456. The average molecular weight is 218 g/mol. The van der Waals surface area contributed by atoms with E-state index in [9.17, 15) is 0 Å². The standard InChI is InChI=1S/C15H22O/c1-2-3-4-5-9-13-16-14-12-15-10-7-6-8-11-15/h6-8,10-12,14H,2-5,9,13H2,1H3. The van der Waals surface area contributed by atoms with Gasteiger partial charge >= 0.3 is 0 Å². The maximum absolute atomic E-state index is 5.44. The third-order valence-electron chi connectivity index (χ3n) is 2.52. The first-order chi connectivity index (χ1) is 7.93. The highest BCUT2D eigenvalue weighted by molar-refractivity contribution is 5.47. The molecular formula is C15H22O. The zero-order valence-electron chi connectivity index (χ0n) is 10.2. The maximum Gasteiger partial charge on any atom is 0.0873 e. The highest BCUT2D eigenvalue weighted by Gasteiger charge is 1.88. The Morgan fingerprint density at radius 2 is 1.75 bits per heavy atom. The minimum atomic E-state index is 0.840. The van der Waals surface area contributed by atoms with E-state index in [0.29, 0.717) is 0 Å². The fourth-order valence-corrected chi connectivity index (χ4v) is 1.55. The van der Waals surface area contributed by atoms with Crippen LogP contribution in [0.15, 0.2) is 36.6 Å². The second-order valence-electron chi connectivity index (χ2n) is 4.00. The van der Waals surface area contributed by atoms with Crippen LogP contribution in [0.3, 0.4) is 0 Å². The van der Waals surface area contributed by atoms with Crippen LogP contribution in [0.5, 0.6) is 0 Å². The van der Waals surface area contributed by atoms with E-state index in [0.717, 1.165) is 6.61 Å². The van der Waals surface area contributed by atoms with Gasteiger partial charge in [0, 0.05) is 0 Å². The van der Waals surface area contributed by atoms with Gasteiger partial charge in [0.1, 0.15) is 0 Å². The van der Waals surface area contributed by atoms with Crippen molar-refractivity contribution in [1.82, 2.24) is 0 Å². The summed E-state index contributed by atoms with van der Waals surface area (Å²) in [6.45, 7) is 3.08. The van der Waals surface area contributed by atoms with Crippen LogP contribution >= 0.6 is 0 Å². The van der Waals surface area contributed by atoms with Crippen LogP contribution in [0.1, 0.15) is 44.6 Å². The molecule has 0 spiro atoms. The molecule has 0 aromatic heterocycles. The van der Waals surface area contributed by atoms with Gasteiger partial charge in [-0.15, -0.1) is 0 Å². The summed E-state index contributed by atoms with van der Waals surface area (Å²) in [7, 11) is 0. The van der Waals surface area contributed by atoms with Crippen molar-refractivity contribution in [3.8, 4) is 0 Å². The number of benzene rings is 1. The summed E-state index contributed by atoms with van der Waals surface area (Å²) in [6.07, 6.45) is 10.2. The van der Waals surface area contributed by atoms with Crippen LogP contribution in [-0.2, 0) is 4.74 Å². The lowest BCUT2D eigenvalue weighted by Gasteiger charge is -2.00. The number of hydrogen-bond donors (Lipinski definition) is 0. The van der Waals surface area contributed by atoms with Crippen LogP contribution in [0.2, 0.25) is 0 Å². The van der Waals surface area contributed by atoms with Crippen LogP contribution < -0.4 is 0 Å². The molecule has 0 unspecified atom stereocenters. The fraction of sp³-hybridized carbons (Fsp3) is 0.467. The zero-order chi connectivity index (χ0) is 11.5. The van der Waals surface area contributed by atoms with E-state index in [1.54, 1.807) is 6.26 Å². The van der Waals surface area contributed by atoms with Gasteiger partial charge in [0.2, 0.25) is 0 Å². The SMILES string of the molecule is CCCCCCCOC=Cc1ccccc1. The Kier molecular flexibility index (Phi) is 7.23.